The first kappa shape index (κ1) is 29.2. The van der Waals surface area contributed by atoms with Crippen LogP contribution in [0.5, 0.6) is 11.5 Å². The molecule has 2 aromatic heterocycles. The van der Waals surface area contributed by atoms with Crippen LogP contribution in [0.1, 0.15) is 51.9 Å². The maximum atomic E-state index is 12.9. The van der Waals surface area contributed by atoms with Crippen molar-refractivity contribution in [3.8, 4) is 11.5 Å². The number of anilines is 3. The van der Waals surface area contributed by atoms with E-state index in [-0.39, 0.29) is 33.7 Å². The number of hydrogen-bond donors (Lipinski definition) is 2. The van der Waals surface area contributed by atoms with Gasteiger partial charge in [-0.2, -0.15) is 4.90 Å². The van der Waals surface area contributed by atoms with Gasteiger partial charge in [0, 0.05) is 24.1 Å². The van der Waals surface area contributed by atoms with E-state index < -0.39 is 29.4 Å². The molecule has 0 radical (unpaired) electrons. The smallest absolute Gasteiger partial charge is 0.425 e. The monoisotopic (exact) mass is 556 g/mol. The molecule has 0 aliphatic heterocycles. The van der Waals surface area contributed by atoms with Gasteiger partial charge in [0.1, 0.15) is 34.1 Å². The Kier molecular flexibility index (Phi) is 8.65. The SMILES string of the molecule is CC(C)(C)OC(=O)N(C(=O)OC(C)(C)C)c1cc(Oc2ccc(Nc3ncccc3C(=O)O)cc2Cl)ccn1. The third kappa shape index (κ3) is 8.30. The summed E-state index contributed by atoms with van der Waals surface area (Å²) in [5, 5.41) is 12.5. The van der Waals surface area contributed by atoms with Crippen LogP contribution in [0.15, 0.2) is 54.9 Å². The molecule has 3 rings (SSSR count). The number of pyridine rings is 2. The van der Waals surface area contributed by atoms with E-state index in [1.54, 1.807) is 53.7 Å². The zero-order valence-electron chi connectivity index (χ0n) is 22.3. The number of carbonyl (C=O) groups excluding carboxylic acids is 2. The van der Waals surface area contributed by atoms with Gasteiger partial charge in [-0.1, -0.05) is 11.6 Å². The van der Waals surface area contributed by atoms with Crippen molar-refractivity contribution in [1.82, 2.24) is 9.97 Å². The average molecular weight is 557 g/mol. The van der Waals surface area contributed by atoms with Gasteiger partial charge < -0.3 is 24.6 Å². The summed E-state index contributed by atoms with van der Waals surface area (Å²) in [5.74, 6) is -0.589. The number of amides is 2. The number of nitrogens with one attached hydrogen (secondary N) is 1. The Labute approximate surface area is 230 Å². The highest BCUT2D eigenvalue weighted by Crippen LogP contribution is 2.34. The van der Waals surface area contributed by atoms with E-state index in [1.807, 2.05) is 0 Å². The van der Waals surface area contributed by atoms with Crippen molar-refractivity contribution in [3.63, 3.8) is 0 Å². The molecule has 11 nitrogen and oxygen atoms in total. The number of imide groups is 1. The summed E-state index contributed by atoms with van der Waals surface area (Å²) in [6, 6.07) is 10.5. The number of carbonyl (C=O) groups is 3. The lowest BCUT2D eigenvalue weighted by Crippen LogP contribution is -2.44. The standard InChI is InChI=1S/C27H29ClN4O7/c1-26(2,3)38-24(35)32(25(36)39-27(4,5)6)21-15-17(11-13-29-21)37-20-10-9-16(14-19(20)28)31-22-18(23(33)34)8-7-12-30-22/h7-15H,1-6H3,(H,30,31)(H,33,34). The summed E-state index contributed by atoms with van der Waals surface area (Å²) >= 11 is 6.42. The van der Waals surface area contributed by atoms with Crippen LogP contribution in [0.2, 0.25) is 5.02 Å². The second-order valence-corrected chi connectivity index (χ2v) is 10.6. The summed E-state index contributed by atoms with van der Waals surface area (Å²) in [6.45, 7) is 10.0. The van der Waals surface area contributed by atoms with E-state index in [0.29, 0.717) is 10.6 Å². The highest BCUT2D eigenvalue weighted by Gasteiger charge is 2.33. The number of aromatic nitrogens is 2. The van der Waals surface area contributed by atoms with Crippen molar-refractivity contribution in [2.24, 2.45) is 0 Å². The molecule has 0 unspecified atom stereocenters. The highest BCUT2D eigenvalue weighted by atomic mass is 35.5. The van der Waals surface area contributed by atoms with Crippen LogP contribution in [-0.4, -0.2) is 44.4 Å². The molecule has 3 aromatic rings. The van der Waals surface area contributed by atoms with E-state index in [9.17, 15) is 19.5 Å². The first-order valence-electron chi connectivity index (χ1n) is 11.8. The van der Waals surface area contributed by atoms with Crippen LogP contribution >= 0.6 is 11.6 Å². The van der Waals surface area contributed by atoms with Crippen LogP contribution in [0.25, 0.3) is 0 Å². The Morgan fingerprint density at radius 3 is 2.10 bits per heavy atom. The summed E-state index contributed by atoms with van der Waals surface area (Å²) in [4.78, 5) is 46.2. The number of halogens is 1. The summed E-state index contributed by atoms with van der Waals surface area (Å²) < 4.78 is 16.7. The third-order valence-corrected chi connectivity index (χ3v) is 4.85. The molecule has 0 spiro atoms. The van der Waals surface area contributed by atoms with Gasteiger partial charge in [-0.25, -0.2) is 24.4 Å². The summed E-state index contributed by atoms with van der Waals surface area (Å²) in [5.41, 5.74) is -1.28. The van der Waals surface area contributed by atoms with Crippen molar-refractivity contribution in [2.45, 2.75) is 52.7 Å². The molecule has 2 N–H and O–H groups in total. The van der Waals surface area contributed by atoms with E-state index in [4.69, 9.17) is 25.8 Å². The number of benzene rings is 1. The van der Waals surface area contributed by atoms with Crippen LogP contribution in [0.4, 0.5) is 26.9 Å². The van der Waals surface area contributed by atoms with Gasteiger partial charge in [-0.05, 0) is 77.9 Å². The fourth-order valence-corrected chi connectivity index (χ4v) is 3.28. The number of carboxylic acid groups (broad SMARTS) is 1. The number of nitrogens with zero attached hydrogens (tertiary/aromatic N) is 3. The third-order valence-electron chi connectivity index (χ3n) is 4.56. The van der Waals surface area contributed by atoms with Gasteiger partial charge in [-0.3, -0.25) is 0 Å². The zero-order valence-corrected chi connectivity index (χ0v) is 23.1. The lowest BCUT2D eigenvalue weighted by molar-refractivity contribution is 0.0428. The zero-order chi connectivity index (χ0) is 29.0. The molecule has 2 heterocycles. The van der Waals surface area contributed by atoms with Gasteiger partial charge in [0.25, 0.3) is 0 Å². The van der Waals surface area contributed by atoms with Crippen LogP contribution in [0, 0.1) is 0 Å². The number of rotatable bonds is 6. The van der Waals surface area contributed by atoms with Crippen molar-refractivity contribution in [2.75, 3.05) is 10.2 Å². The number of ether oxygens (including phenoxy) is 3. The minimum absolute atomic E-state index is 0.00204. The predicted octanol–water partition coefficient (Wildman–Crippen LogP) is 7.04. The second-order valence-electron chi connectivity index (χ2n) is 10.2. The maximum absolute atomic E-state index is 12.9. The van der Waals surface area contributed by atoms with Crippen LogP contribution in [-0.2, 0) is 9.47 Å². The highest BCUT2D eigenvalue weighted by molar-refractivity contribution is 6.32. The van der Waals surface area contributed by atoms with Gasteiger partial charge >= 0.3 is 18.2 Å². The molecule has 2 amide bonds. The summed E-state index contributed by atoms with van der Waals surface area (Å²) in [7, 11) is 0. The largest absolute Gasteiger partial charge is 0.478 e. The fourth-order valence-electron chi connectivity index (χ4n) is 3.06. The molecule has 206 valence electrons. The lowest BCUT2D eigenvalue weighted by Gasteiger charge is -2.28. The van der Waals surface area contributed by atoms with E-state index in [0.717, 1.165) is 0 Å². The quantitative estimate of drug-likeness (QED) is 0.324. The molecular weight excluding hydrogens is 528 g/mol. The molecule has 39 heavy (non-hydrogen) atoms. The maximum Gasteiger partial charge on any atom is 0.425 e. The van der Waals surface area contributed by atoms with Crippen molar-refractivity contribution in [1.29, 1.82) is 0 Å². The number of carboxylic acids is 1. The topological polar surface area (TPSA) is 140 Å². The normalized spacial score (nSPS) is 11.4. The Bertz CT molecular complexity index is 1360. The molecule has 0 fully saturated rings. The molecule has 12 heteroatoms. The Morgan fingerprint density at radius 1 is 0.897 bits per heavy atom. The van der Waals surface area contributed by atoms with Gasteiger partial charge in [-0.15, -0.1) is 0 Å². The van der Waals surface area contributed by atoms with Crippen molar-refractivity contribution < 1.29 is 33.7 Å². The van der Waals surface area contributed by atoms with E-state index >= 15 is 0 Å². The minimum atomic E-state index is -1.13. The lowest BCUT2D eigenvalue weighted by atomic mass is 10.2. The molecule has 1 aromatic carbocycles. The molecule has 0 saturated heterocycles. The van der Waals surface area contributed by atoms with Crippen molar-refractivity contribution >= 4 is 47.1 Å². The van der Waals surface area contributed by atoms with E-state index in [2.05, 4.69) is 15.3 Å². The Hall–Kier alpha value is -4.38. The molecular formula is C27H29ClN4O7. The first-order valence-corrected chi connectivity index (χ1v) is 12.2. The molecule has 0 bridgehead atoms. The second kappa shape index (κ2) is 11.6. The number of aromatic carboxylic acids is 1. The Balaban J connectivity index is 1.86. The minimum Gasteiger partial charge on any atom is -0.478 e. The van der Waals surface area contributed by atoms with Crippen LogP contribution in [0.3, 0.4) is 0 Å². The van der Waals surface area contributed by atoms with E-state index in [1.165, 1.54) is 42.7 Å². The fraction of sp³-hybridized carbons (Fsp3) is 0.296. The van der Waals surface area contributed by atoms with Crippen molar-refractivity contribution in [3.05, 3.63) is 65.4 Å². The summed E-state index contributed by atoms with van der Waals surface area (Å²) in [6.07, 6.45) is 0.882. The molecule has 0 saturated carbocycles. The average Bonchev–Trinajstić information content (AvgIpc) is 2.79. The molecule has 0 aliphatic carbocycles. The first-order chi connectivity index (χ1) is 18.1. The Morgan fingerprint density at radius 2 is 1.54 bits per heavy atom. The van der Waals surface area contributed by atoms with Gasteiger partial charge in [0.2, 0.25) is 0 Å². The molecule has 0 aliphatic rings. The van der Waals surface area contributed by atoms with Gasteiger partial charge in [0.15, 0.2) is 5.82 Å². The predicted molar refractivity (Wildman–Crippen MR) is 145 cm³/mol. The number of hydrogen-bond acceptors (Lipinski definition) is 9. The van der Waals surface area contributed by atoms with Gasteiger partial charge in [0.05, 0.1) is 5.02 Å². The molecule has 0 atom stereocenters. The van der Waals surface area contributed by atoms with Crippen LogP contribution < -0.4 is 15.0 Å².